The summed E-state index contributed by atoms with van der Waals surface area (Å²) in [5, 5.41) is 1.15. The first-order chi connectivity index (χ1) is 13.4. The molecule has 3 atom stereocenters. The van der Waals surface area contributed by atoms with Crippen molar-refractivity contribution in [2.24, 2.45) is 0 Å². The Morgan fingerprint density at radius 3 is 2.64 bits per heavy atom. The van der Waals surface area contributed by atoms with Crippen LogP contribution in [0, 0.1) is 0 Å². The van der Waals surface area contributed by atoms with Gasteiger partial charge < -0.3 is 9.64 Å². The number of piperidine rings is 1. The van der Waals surface area contributed by atoms with Gasteiger partial charge in [-0.2, -0.15) is 0 Å². The lowest BCUT2D eigenvalue weighted by Gasteiger charge is -2.39. The summed E-state index contributed by atoms with van der Waals surface area (Å²) in [4.78, 5) is 32.7. The third-order valence-electron chi connectivity index (χ3n) is 5.43. The highest BCUT2D eigenvalue weighted by atomic mass is 32.2. The van der Waals surface area contributed by atoms with Gasteiger partial charge in [-0.15, -0.1) is 0 Å². The van der Waals surface area contributed by atoms with Crippen molar-refractivity contribution < 1.29 is 9.53 Å². The van der Waals surface area contributed by atoms with Crippen molar-refractivity contribution in [1.29, 1.82) is 0 Å². The van der Waals surface area contributed by atoms with Crippen LogP contribution in [0.3, 0.4) is 0 Å². The van der Waals surface area contributed by atoms with Crippen molar-refractivity contribution in [2.45, 2.75) is 63.3 Å². The van der Waals surface area contributed by atoms with E-state index in [-0.39, 0.29) is 35.3 Å². The highest BCUT2D eigenvalue weighted by Gasteiger charge is 2.29. The van der Waals surface area contributed by atoms with Gasteiger partial charge in [-0.1, -0.05) is 23.9 Å². The molecular weight excluding hydrogens is 374 g/mol. The molecule has 152 valence electrons. The molecule has 6 nitrogen and oxygen atoms in total. The molecule has 3 rings (SSSR count). The van der Waals surface area contributed by atoms with Crippen molar-refractivity contribution >= 4 is 28.6 Å². The van der Waals surface area contributed by atoms with Gasteiger partial charge in [-0.3, -0.25) is 14.2 Å². The molecule has 0 saturated carbocycles. The van der Waals surface area contributed by atoms with Crippen LogP contribution in [0.25, 0.3) is 10.9 Å². The number of ether oxygens (including phenoxy) is 1. The SMILES string of the molecule is COCC(C)n1c(SCC(=O)N2C(C)CCCC2C)nc2ccccc2c1=O. The lowest BCUT2D eigenvalue weighted by molar-refractivity contribution is -0.134. The second-order valence-corrected chi connectivity index (χ2v) is 8.55. The predicted octanol–water partition coefficient (Wildman–Crippen LogP) is 3.49. The van der Waals surface area contributed by atoms with E-state index in [2.05, 4.69) is 13.8 Å². The average molecular weight is 404 g/mol. The zero-order chi connectivity index (χ0) is 20.3. The zero-order valence-electron chi connectivity index (χ0n) is 17.1. The molecule has 0 N–H and O–H groups in total. The van der Waals surface area contributed by atoms with E-state index in [1.54, 1.807) is 17.7 Å². The number of hydrogen-bond donors (Lipinski definition) is 0. The number of thioether (sulfide) groups is 1. The summed E-state index contributed by atoms with van der Waals surface area (Å²) in [7, 11) is 1.62. The van der Waals surface area contributed by atoms with Crippen LogP contribution in [-0.2, 0) is 9.53 Å². The predicted molar refractivity (Wildman–Crippen MR) is 113 cm³/mol. The molecule has 1 aromatic heterocycles. The smallest absolute Gasteiger partial charge is 0.262 e. The van der Waals surface area contributed by atoms with E-state index in [9.17, 15) is 9.59 Å². The highest BCUT2D eigenvalue weighted by molar-refractivity contribution is 7.99. The summed E-state index contributed by atoms with van der Waals surface area (Å²) in [6, 6.07) is 7.69. The van der Waals surface area contributed by atoms with Crippen LogP contribution >= 0.6 is 11.8 Å². The van der Waals surface area contributed by atoms with Gasteiger partial charge in [0.05, 0.1) is 29.3 Å². The molecule has 1 fully saturated rings. The van der Waals surface area contributed by atoms with Gasteiger partial charge in [0.1, 0.15) is 0 Å². The van der Waals surface area contributed by atoms with Crippen LogP contribution < -0.4 is 5.56 Å². The Morgan fingerprint density at radius 2 is 1.96 bits per heavy atom. The zero-order valence-corrected chi connectivity index (χ0v) is 17.9. The molecule has 0 radical (unpaired) electrons. The quantitative estimate of drug-likeness (QED) is 0.546. The molecule has 1 saturated heterocycles. The van der Waals surface area contributed by atoms with Crippen LogP contribution in [0.4, 0.5) is 0 Å². The second-order valence-electron chi connectivity index (χ2n) is 7.61. The molecule has 1 aliphatic heterocycles. The minimum absolute atomic E-state index is 0.0928. The molecule has 0 aliphatic carbocycles. The number of aromatic nitrogens is 2. The maximum absolute atomic E-state index is 13.1. The molecule has 0 bridgehead atoms. The Bertz CT molecular complexity index is 888. The standard InChI is InChI=1S/C21H29N3O3S/c1-14-8-7-9-15(2)23(14)19(25)13-28-21-22-18-11-6-5-10-17(18)20(26)24(21)16(3)12-27-4/h5-6,10-11,14-16H,7-9,12-13H2,1-4H3. The lowest BCUT2D eigenvalue weighted by atomic mass is 9.98. The van der Waals surface area contributed by atoms with Crippen molar-refractivity contribution in [3.05, 3.63) is 34.6 Å². The number of carbonyl (C=O) groups excluding carboxylic acids is 1. The molecule has 7 heteroatoms. The maximum Gasteiger partial charge on any atom is 0.262 e. The Kier molecular flexibility index (Phi) is 6.78. The molecular formula is C21H29N3O3S. The fourth-order valence-electron chi connectivity index (χ4n) is 4.05. The van der Waals surface area contributed by atoms with Gasteiger partial charge in [0, 0.05) is 19.2 Å². The first kappa shape index (κ1) is 20.9. The van der Waals surface area contributed by atoms with Crippen LogP contribution in [0.15, 0.2) is 34.2 Å². The van der Waals surface area contributed by atoms with Crippen LogP contribution in [0.1, 0.15) is 46.1 Å². The number of hydrogen-bond acceptors (Lipinski definition) is 5. The summed E-state index contributed by atoms with van der Waals surface area (Å²) in [5.41, 5.74) is 0.563. The summed E-state index contributed by atoms with van der Waals surface area (Å²) in [5.74, 6) is 0.386. The minimum atomic E-state index is -0.167. The van der Waals surface area contributed by atoms with Crippen LogP contribution in [0.2, 0.25) is 0 Å². The molecule has 28 heavy (non-hydrogen) atoms. The lowest BCUT2D eigenvalue weighted by Crippen LogP contribution is -2.48. The largest absolute Gasteiger partial charge is 0.383 e. The Balaban J connectivity index is 1.90. The van der Waals surface area contributed by atoms with E-state index in [0.717, 1.165) is 12.8 Å². The van der Waals surface area contributed by atoms with Crippen LogP contribution in [-0.4, -0.2) is 51.9 Å². The first-order valence-electron chi connectivity index (χ1n) is 9.88. The summed E-state index contributed by atoms with van der Waals surface area (Å²) >= 11 is 1.34. The highest BCUT2D eigenvalue weighted by Crippen LogP contribution is 2.26. The van der Waals surface area contributed by atoms with E-state index in [4.69, 9.17) is 9.72 Å². The number of rotatable bonds is 6. The molecule has 0 spiro atoms. The van der Waals surface area contributed by atoms with Gasteiger partial charge in [0.25, 0.3) is 5.56 Å². The monoisotopic (exact) mass is 403 g/mol. The number of para-hydroxylation sites is 1. The van der Waals surface area contributed by atoms with Crippen LogP contribution in [0.5, 0.6) is 0 Å². The third-order valence-corrected chi connectivity index (χ3v) is 6.37. The number of fused-ring (bicyclic) bond motifs is 1. The van der Waals surface area contributed by atoms with Crippen molar-refractivity contribution in [3.63, 3.8) is 0 Å². The third kappa shape index (κ3) is 4.25. The molecule has 1 amide bonds. The number of carbonyl (C=O) groups is 1. The Labute approximate surface area is 170 Å². The van der Waals surface area contributed by atoms with Crippen molar-refractivity contribution in [3.8, 4) is 0 Å². The molecule has 3 unspecified atom stereocenters. The van der Waals surface area contributed by atoms with Gasteiger partial charge in [-0.05, 0) is 52.2 Å². The number of methoxy groups -OCH3 is 1. The van der Waals surface area contributed by atoms with Gasteiger partial charge in [-0.25, -0.2) is 4.98 Å². The topological polar surface area (TPSA) is 64.4 Å². The van der Waals surface area contributed by atoms with E-state index >= 15 is 0 Å². The van der Waals surface area contributed by atoms with E-state index in [0.29, 0.717) is 22.7 Å². The molecule has 2 heterocycles. The minimum Gasteiger partial charge on any atom is -0.383 e. The summed E-state index contributed by atoms with van der Waals surface area (Å²) < 4.78 is 6.92. The van der Waals surface area contributed by atoms with E-state index in [1.165, 1.54) is 18.2 Å². The maximum atomic E-state index is 13.1. The fraction of sp³-hybridized carbons (Fsp3) is 0.571. The van der Waals surface area contributed by atoms with Gasteiger partial charge >= 0.3 is 0 Å². The number of likely N-dealkylation sites (tertiary alicyclic amines) is 1. The average Bonchev–Trinajstić information content (AvgIpc) is 2.66. The summed E-state index contributed by atoms with van der Waals surface area (Å²) in [6.07, 6.45) is 3.26. The number of amides is 1. The van der Waals surface area contributed by atoms with Crippen molar-refractivity contribution in [1.82, 2.24) is 14.5 Å². The van der Waals surface area contributed by atoms with Gasteiger partial charge in [0.15, 0.2) is 5.16 Å². The molecule has 1 aromatic carbocycles. The van der Waals surface area contributed by atoms with Crippen molar-refractivity contribution in [2.75, 3.05) is 19.5 Å². The molecule has 2 aromatic rings. The number of benzene rings is 1. The van der Waals surface area contributed by atoms with E-state index in [1.807, 2.05) is 30.0 Å². The van der Waals surface area contributed by atoms with Gasteiger partial charge in [0.2, 0.25) is 5.91 Å². The van der Waals surface area contributed by atoms with E-state index < -0.39 is 0 Å². The normalized spacial score (nSPS) is 21.1. The second kappa shape index (κ2) is 9.09. The summed E-state index contributed by atoms with van der Waals surface area (Å²) in [6.45, 7) is 6.57. The number of nitrogens with zero attached hydrogens (tertiary/aromatic N) is 3. The Hall–Kier alpha value is -1.86. The fourth-order valence-corrected chi connectivity index (χ4v) is 5.01. The first-order valence-corrected chi connectivity index (χ1v) is 10.9. The molecule has 1 aliphatic rings. The Morgan fingerprint density at radius 1 is 1.29 bits per heavy atom.